The van der Waals surface area contributed by atoms with E-state index < -0.39 is 0 Å². The third kappa shape index (κ3) is 5.19. The summed E-state index contributed by atoms with van der Waals surface area (Å²) in [5, 5.41) is 3.64. The summed E-state index contributed by atoms with van der Waals surface area (Å²) in [6.07, 6.45) is 2.64. The quantitative estimate of drug-likeness (QED) is 0.789. The van der Waals surface area contributed by atoms with Crippen molar-refractivity contribution in [2.45, 2.75) is 52.6 Å². The maximum absolute atomic E-state index is 3.64. The fourth-order valence-corrected chi connectivity index (χ4v) is 3.77. The number of nitrogens with one attached hydrogen (secondary N) is 1. The van der Waals surface area contributed by atoms with Crippen molar-refractivity contribution in [3.8, 4) is 0 Å². The molecule has 0 amide bonds. The summed E-state index contributed by atoms with van der Waals surface area (Å²) >= 11 is 2.10. The van der Waals surface area contributed by atoms with E-state index in [1.54, 1.807) is 0 Å². The molecule has 0 radical (unpaired) electrons. The van der Waals surface area contributed by atoms with Gasteiger partial charge < -0.3 is 10.2 Å². The summed E-state index contributed by atoms with van der Waals surface area (Å²) in [7, 11) is 2.29. The van der Waals surface area contributed by atoms with E-state index in [2.05, 4.69) is 56.7 Å². The number of rotatable bonds is 6. The number of thioether (sulfide) groups is 1. The Bertz CT molecular complexity index is 207. The van der Waals surface area contributed by atoms with Crippen LogP contribution in [0.25, 0.3) is 0 Å². The van der Waals surface area contributed by atoms with Crippen LogP contribution in [-0.2, 0) is 0 Å². The van der Waals surface area contributed by atoms with Gasteiger partial charge in [0.15, 0.2) is 0 Å². The second kappa shape index (κ2) is 7.01. The van der Waals surface area contributed by atoms with Crippen LogP contribution in [0.2, 0.25) is 0 Å². The second-order valence-corrected chi connectivity index (χ2v) is 7.41. The highest BCUT2D eigenvalue weighted by molar-refractivity contribution is 7.99. The van der Waals surface area contributed by atoms with Gasteiger partial charge in [0, 0.05) is 17.8 Å². The van der Waals surface area contributed by atoms with Gasteiger partial charge in [0.05, 0.1) is 0 Å². The molecule has 1 fully saturated rings. The molecule has 2 nitrogen and oxygen atoms in total. The maximum atomic E-state index is 3.64. The molecule has 0 bridgehead atoms. The molecule has 0 spiro atoms. The lowest BCUT2D eigenvalue weighted by Crippen LogP contribution is -2.43. The van der Waals surface area contributed by atoms with Crippen molar-refractivity contribution >= 4 is 11.8 Å². The van der Waals surface area contributed by atoms with Gasteiger partial charge in [-0.15, -0.1) is 0 Å². The highest BCUT2D eigenvalue weighted by Gasteiger charge is 2.25. The Morgan fingerprint density at radius 3 is 2.59 bits per heavy atom. The SMILES string of the molecule is CCNC(CCN(C)C1CCSC1)C(C)(C)C. The molecule has 0 aromatic carbocycles. The van der Waals surface area contributed by atoms with E-state index in [9.17, 15) is 0 Å². The smallest absolute Gasteiger partial charge is 0.0191 e. The molecule has 1 aliphatic heterocycles. The predicted molar refractivity (Wildman–Crippen MR) is 79.9 cm³/mol. The van der Waals surface area contributed by atoms with Crippen LogP contribution < -0.4 is 5.32 Å². The minimum absolute atomic E-state index is 0.362. The zero-order valence-corrected chi connectivity index (χ0v) is 13.1. The van der Waals surface area contributed by atoms with Crippen LogP contribution in [0.3, 0.4) is 0 Å². The molecule has 1 saturated heterocycles. The lowest BCUT2D eigenvalue weighted by molar-refractivity contribution is 0.201. The maximum Gasteiger partial charge on any atom is 0.0191 e. The third-order valence-electron chi connectivity index (χ3n) is 3.80. The Morgan fingerprint density at radius 2 is 2.12 bits per heavy atom. The molecule has 2 unspecified atom stereocenters. The average Bonchev–Trinajstić information content (AvgIpc) is 2.75. The first-order valence-electron chi connectivity index (χ1n) is 6.96. The highest BCUT2D eigenvalue weighted by Crippen LogP contribution is 2.24. The molecular weight excluding hydrogens is 228 g/mol. The molecular formula is C14H30N2S. The Balaban J connectivity index is 2.35. The molecule has 1 rings (SSSR count). The minimum atomic E-state index is 0.362. The van der Waals surface area contributed by atoms with Crippen molar-refractivity contribution < 1.29 is 0 Å². The summed E-state index contributed by atoms with van der Waals surface area (Å²) in [5.41, 5.74) is 0.362. The van der Waals surface area contributed by atoms with Crippen molar-refractivity contribution in [1.82, 2.24) is 10.2 Å². The van der Waals surface area contributed by atoms with Crippen LogP contribution in [0.5, 0.6) is 0 Å². The fourth-order valence-electron chi connectivity index (χ4n) is 2.47. The molecule has 1 heterocycles. The van der Waals surface area contributed by atoms with Crippen molar-refractivity contribution in [3.63, 3.8) is 0 Å². The molecule has 3 heteroatoms. The topological polar surface area (TPSA) is 15.3 Å². The normalized spacial score (nSPS) is 23.3. The van der Waals surface area contributed by atoms with Gasteiger partial charge in [-0.3, -0.25) is 0 Å². The predicted octanol–water partition coefficient (Wildman–Crippen LogP) is 2.84. The van der Waals surface area contributed by atoms with Gasteiger partial charge in [-0.05, 0) is 44.1 Å². The van der Waals surface area contributed by atoms with Gasteiger partial charge in [-0.1, -0.05) is 27.7 Å². The Morgan fingerprint density at radius 1 is 1.41 bits per heavy atom. The number of hydrogen-bond donors (Lipinski definition) is 1. The van der Waals surface area contributed by atoms with E-state index in [-0.39, 0.29) is 0 Å². The fraction of sp³-hybridized carbons (Fsp3) is 1.00. The van der Waals surface area contributed by atoms with E-state index in [4.69, 9.17) is 0 Å². The van der Waals surface area contributed by atoms with E-state index in [1.807, 2.05) is 0 Å². The van der Waals surface area contributed by atoms with Crippen LogP contribution >= 0.6 is 11.8 Å². The Hall–Kier alpha value is 0.270. The van der Waals surface area contributed by atoms with E-state index in [0.29, 0.717) is 11.5 Å². The second-order valence-electron chi connectivity index (χ2n) is 6.26. The standard InChI is InChI=1S/C14H30N2S/c1-6-15-13(14(2,3)4)7-9-16(5)12-8-10-17-11-12/h12-13,15H,6-11H2,1-5H3. The van der Waals surface area contributed by atoms with Crippen LogP contribution in [0, 0.1) is 5.41 Å². The molecule has 0 aromatic heterocycles. The van der Waals surface area contributed by atoms with E-state index in [0.717, 1.165) is 12.6 Å². The van der Waals surface area contributed by atoms with Gasteiger partial charge in [-0.25, -0.2) is 0 Å². The minimum Gasteiger partial charge on any atom is -0.314 e. The zero-order valence-electron chi connectivity index (χ0n) is 12.3. The van der Waals surface area contributed by atoms with Crippen LogP contribution in [-0.4, -0.2) is 48.6 Å². The molecule has 1 aliphatic rings. The monoisotopic (exact) mass is 258 g/mol. The molecule has 0 saturated carbocycles. The van der Waals surface area contributed by atoms with Gasteiger partial charge in [0.1, 0.15) is 0 Å². The lowest BCUT2D eigenvalue weighted by Gasteiger charge is -2.34. The first kappa shape index (κ1) is 15.3. The summed E-state index contributed by atoms with van der Waals surface area (Å²) in [5.74, 6) is 2.68. The highest BCUT2D eigenvalue weighted by atomic mass is 32.2. The molecule has 2 atom stereocenters. The van der Waals surface area contributed by atoms with Crippen LogP contribution in [0.1, 0.15) is 40.5 Å². The van der Waals surface area contributed by atoms with E-state index in [1.165, 1.54) is 30.9 Å². The van der Waals surface area contributed by atoms with Crippen LogP contribution in [0.15, 0.2) is 0 Å². The molecule has 0 aromatic rings. The van der Waals surface area contributed by atoms with Crippen molar-refractivity contribution in [2.24, 2.45) is 5.41 Å². The lowest BCUT2D eigenvalue weighted by atomic mass is 9.84. The summed E-state index contributed by atoms with van der Waals surface area (Å²) < 4.78 is 0. The summed E-state index contributed by atoms with van der Waals surface area (Å²) in [4.78, 5) is 2.57. The first-order valence-corrected chi connectivity index (χ1v) is 8.12. The van der Waals surface area contributed by atoms with Crippen molar-refractivity contribution in [2.75, 3.05) is 31.6 Å². The molecule has 102 valence electrons. The molecule has 0 aliphatic carbocycles. The molecule has 17 heavy (non-hydrogen) atoms. The van der Waals surface area contributed by atoms with Crippen LogP contribution in [0.4, 0.5) is 0 Å². The average molecular weight is 258 g/mol. The largest absolute Gasteiger partial charge is 0.314 e. The van der Waals surface area contributed by atoms with Gasteiger partial charge in [0.2, 0.25) is 0 Å². The van der Waals surface area contributed by atoms with Gasteiger partial charge >= 0.3 is 0 Å². The third-order valence-corrected chi connectivity index (χ3v) is 4.94. The number of nitrogens with zero attached hydrogens (tertiary/aromatic N) is 1. The Labute approximate surface area is 112 Å². The Kier molecular flexibility index (Phi) is 6.32. The zero-order chi connectivity index (χ0) is 12.9. The van der Waals surface area contributed by atoms with Crippen molar-refractivity contribution in [3.05, 3.63) is 0 Å². The first-order chi connectivity index (χ1) is 7.95. The van der Waals surface area contributed by atoms with Crippen molar-refractivity contribution in [1.29, 1.82) is 0 Å². The van der Waals surface area contributed by atoms with Gasteiger partial charge in [-0.2, -0.15) is 11.8 Å². The summed E-state index contributed by atoms with van der Waals surface area (Å²) in [6, 6.07) is 1.45. The summed E-state index contributed by atoms with van der Waals surface area (Å²) in [6.45, 7) is 11.5. The van der Waals surface area contributed by atoms with E-state index >= 15 is 0 Å². The number of hydrogen-bond acceptors (Lipinski definition) is 3. The molecule has 1 N–H and O–H groups in total. The van der Waals surface area contributed by atoms with Gasteiger partial charge in [0.25, 0.3) is 0 Å².